The third-order valence-electron chi connectivity index (χ3n) is 5.68. The van der Waals surface area contributed by atoms with Crippen molar-refractivity contribution in [3.8, 4) is 6.07 Å². The fourth-order valence-corrected chi connectivity index (χ4v) is 5.56. The van der Waals surface area contributed by atoms with Crippen molar-refractivity contribution < 1.29 is 14.3 Å². The maximum absolute atomic E-state index is 13.3. The second-order valence-electron chi connectivity index (χ2n) is 8.29. The molecule has 0 N–H and O–H groups in total. The molecule has 3 rings (SSSR count). The number of aromatic nitrogens is 1. The van der Waals surface area contributed by atoms with Crippen LogP contribution in [0.2, 0.25) is 0 Å². The zero-order valence-electron chi connectivity index (χ0n) is 19.7. The number of morpholine rings is 1. The van der Waals surface area contributed by atoms with E-state index >= 15 is 0 Å². The number of rotatable bonds is 7. The van der Waals surface area contributed by atoms with Crippen LogP contribution >= 0.6 is 24.0 Å². The number of nitrogens with zero attached hydrogens (tertiary/aromatic N) is 4. The number of hydrogen-bond acceptors (Lipinski definition) is 8. The number of thiocarbonyl (C=S) groups is 1. The third kappa shape index (κ3) is 5.17. The van der Waals surface area contributed by atoms with Gasteiger partial charge in [-0.15, -0.1) is 0 Å². The van der Waals surface area contributed by atoms with Gasteiger partial charge in [0.15, 0.2) is 0 Å². The number of anilines is 1. The van der Waals surface area contributed by atoms with Crippen molar-refractivity contribution in [2.45, 2.75) is 52.9 Å². The molecule has 8 nitrogen and oxygen atoms in total. The van der Waals surface area contributed by atoms with Crippen LogP contribution in [0.4, 0.5) is 5.82 Å². The molecule has 0 spiro atoms. The molecule has 10 heteroatoms. The Morgan fingerprint density at radius 1 is 1.27 bits per heavy atom. The summed E-state index contributed by atoms with van der Waals surface area (Å²) in [5, 5.41) is 9.76. The van der Waals surface area contributed by atoms with Gasteiger partial charge in [0.05, 0.1) is 30.3 Å². The van der Waals surface area contributed by atoms with Gasteiger partial charge in [0.1, 0.15) is 21.8 Å². The summed E-state index contributed by atoms with van der Waals surface area (Å²) >= 11 is 6.65. The summed E-state index contributed by atoms with van der Waals surface area (Å²) in [5.41, 5.74) is 1.07. The van der Waals surface area contributed by atoms with Gasteiger partial charge in [-0.1, -0.05) is 30.9 Å². The lowest BCUT2D eigenvalue weighted by atomic mass is 10.0. The highest BCUT2D eigenvalue weighted by Crippen LogP contribution is 2.36. The summed E-state index contributed by atoms with van der Waals surface area (Å²) in [6.07, 6.45) is 2.48. The fraction of sp³-hybridized carbons (Fsp3) is 0.565. The van der Waals surface area contributed by atoms with Crippen molar-refractivity contribution in [3.63, 3.8) is 0 Å². The predicted molar refractivity (Wildman–Crippen MR) is 134 cm³/mol. The van der Waals surface area contributed by atoms with E-state index in [0.717, 1.165) is 12.2 Å². The fourth-order valence-electron chi connectivity index (χ4n) is 4.27. The minimum Gasteiger partial charge on any atom is -0.383 e. The van der Waals surface area contributed by atoms with Crippen LogP contribution in [0.3, 0.4) is 0 Å². The first-order valence-corrected chi connectivity index (χ1v) is 12.3. The SMILES string of the molecule is CCCn1c(N2CC(C)OC(C)C2)c(/C=C2\SC(=S)N(CCOC)C2=O)c(C)c(C#N)c1=O. The number of carbonyl (C=O) groups excluding carboxylic acids is 1. The van der Waals surface area contributed by atoms with Crippen LogP contribution in [-0.2, 0) is 20.8 Å². The van der Waals surface area contributed by atoms with E-state index in [4.69, 9.17) is 21.7 Å². The van der Waals surface area contributed by atoms with Crippen LogP contribution in [0.25, 0.3) is 6.08 Å². The Morgan fingerprint density at radius 3 is 2.52 bits per heavy atom. The molecule has 1 aromatic rings. The Kier molecular flexibility index (Phi) is 8.34. The zero-order valence-corrected chi connectivity index (χ0v) is 21.3. The summed E-state index contributed by atoms with van der Waals surface area (Å²) < 4.78 is 13.2. The van der Waals surface area contributed by atoms with Crippen LogP contribution < -0.4 is 10.5 Å². The first-order chi connectivity index (χ1) is 15.7. The molecule has 1 amide bonds. The summed E-state index contributed by atoms with van der Waals surface area (Å²) in [6.45, 7) is 10.2. The van der Waals surface area contributed by atoms with Crippen molar-refractivity contribution in [1.82, 2.24) is 9.47 Å². The van der Waals surface area contributed by atoms with E-state index in [0.29, 0.717) is 53.1 Å². The number of methoxy groups -OCH3 is 1. The van der Waals surface area contributed by atoms with Gasteiger partial charge in [0.25, 0.3) is 11.5 Å². The average molecular weight is 491 g/mol. The maximum atomic E-state index is 13.3. The topological polar surface area (TPSA) is 87.8 Å². The molecule has 0 radical (unpaired) electrons. The molecule has 2 atom stereocenters. The lowest BCUT2D eigenvalue weighted by Crippen LogP contribution is -2.48. The van der Waals surface area contributed by atoms with Gasteiger partial charge in [-0.3, -0.25) is 19.1 Å². The van der Waals surface area contributed by atoms with E-state index in [1.807, 2.05) is 20.8 Å². The summed E-state index contributed by atoms with van der Waals surface area (Å²) in [4.78, 5) is 30.5. The zero-order chi connectivity index (χ0) is 24.3. The molecule has 33 heavy (non-hydrogen) atoms. The van der Waals surface area contributed by atoms with Gasteiger partial charge < -0.3 is 14.4 Å². The van der Waals surface area contributed by atoms with E-state index < -0.39 is 0 Å². The Bertz CT molecular complexity index is 1070. The van der Waals surface area contributed by atoms with Crippen molar-refractivity contribution >= 4 is 46.1 Å². The second-order valence-corrected chi connectivity index (χ2v) is 9.97. The molecule has 2 saturated heterocycles. The molecule has 1 aromatic heterocycles. The smallest absolute Gasteiger partial charge is 0.270 e. The molecule has 0 aromatic carbocycles. The van der Waals surface area contributed by atoms with Gasteiger partial charge in [0, 0.05) is 32.3 Å². The molecule has 2 unspecified atom stereocenters. The summed E-state index contributed by atoms with van der Waals surface area (Å²) in [7, 11) is 1.58. The quantitative estimate of drug-likeness (QED) is 0.426. The Morgan fingerprint density at radius 2 is 1.94 bits per heavy atom. The Labute approximate surface area is 204 Å². The van der Waals surface area contributed by atoms with Crippen molar-refractivity contribution in [3.05, 3.63) is 31.9 Å². The van der Waals surface area contributed by atoms with Crippen molar-refractivity contribution in [2.75, 3.05) is 38.3 Å². The predicted octanol–water partition coefficient (Wildman–Crippen LogP) is 2.90. The van der Waals surface area contributed by atoms with Gasteiger partial charge in [-0.25, -0.2) is 0 Å². The molecule has 2 aliphatic heterocycles. The monoisotopic (exact) mass is 490 g/mol. The minimum atomic E-state index is -0.302. The molecule has 2 aliphatic rings. The number of carbonyl (C=O) groups is 1. The lowest BCUT2D eigenvalue weighted by molar-refractivity contribution is -0.122. The number of ether oxygens (including phenoxy) is 2. The molecule has 3 heterocycles. The lowest BCUT2D eigenvalue weighted by Gasteiger charge is -2.39. The number of hydrogen-bond donors (Lipinski definition) is 0. The van der Waals surface area contributed by atoms with Crippen LogP contribution in [-0.4, -0.2) is 65.3 Å². The van der Waals surface area contributed by atoms with Crippen LogP contribution in [0.1, 0.15) is 43.9 Å². The van der Waals surface area contributed by atoms with Gasteiger partial charge in [0.2, 0.25) is 0 Å². The van der Waals surface area contributed by atoms with Crippen LogP contribution in [0, 0.1) is 18.3 Å². The van der Waals surface area contributed by atoms with Gasteiger partial charge in [-0.05, 0) is 38.8 Å². The molecule has 0 saturated carbocycles. The number of pyridine rings is 1. The van der Waals surface area contributed by atoms with Crippen LogP contribution in [0.5, 0.6) is 0 Å². The Hall–Kier alpha value is -2.19. The maximum Gasteiger partial charge on any atom is 0.270 e. The third-order valence-corrected chi connectivity index (χ3v) is 7.06. The average Bonchev–Trinajstić information content (AvgIpc) is 3.02. The van der Waals surface area contributed by atoms with E-state index in [1.165, 1.54) is 16.7 Å². The van der Waals surface area contributed by atoms with E-state index in [9.17, 15) is 14.9 Å². The molecular formula is C23H30N4O4S2. The van der Waals surface area contributed by atoms with E-state index in [-0.39, 0.29) is 29.2 Å². The Balaban J connectivity index is 2.22. The molecule has 2 fully saturated rings. The van der Waals surface area contributed by atoms with E-state index in [1.54, 1.807) is 24.7 Å². The first kappa shape index (κ1) is 25.4. The highest BCUT2D eigenvalue weighted by molar-refractivity contribution is 8.26. The van der Waals surface area contributed by atoms with E-state index in [2.05, 4.69) is 11.0 Å². The van der Waals surface area contributed by atoms with Crippen molar-refractivity contribution in [1.29, 1.82) is 5.26 Å². The number of amides is 1. The molecular weight excluding hydrogens is 460 g/mol. The molecule has 0 aliphatic carbocycles. The highest BCUT2D eigenvalue weighted by Gasteiger charge is 2.34. The van der Waals surface area contributed by atoms with Gasteiger partial charge in [-0.2, -0.15) is 5.26 Å². The summed E-state index contributed by atoms with van der Waals surface area (Å²) in [5.74, 6) is 0.533. The summed E-state index contributed by atoms with van der Waals surface area (Å²) in [6, 6.07) is 2.08. The second kappa shape index (κ2) is 10.8. The number of nitriles is 1. The van der Waals surface area contributed by atoms with Gasteiger partial charge >= 0.3 is 0 Å². The standard InChI is InChI=1S/C23H30N4O4S2/c1-6-7-26-20(25-12-14(2)31-15(3)13-25)17(16(4)18(11-24)21(26)28)10-19-22(29)27(8-9-30-5)23(32)33-19/h10,14-15H,6-9,12-13H2,1-5H3/b19-10-. The molecule has 0 bridgehead atoms. The first-order valence-electron chi connectivity index (χ1n) is 11.1. The van der Waals surface area contributed by atoms with Crippen molar-refractivity contribution in [2.24, 2.45) is 0 Å². The largest absolute Gasteiger partial charge is 0.383 e. The number of thioether (sulfide) groups is 1. The minimum absolute atomic E-state index is 0.0185. The van der Waals surface area contributed by atoms with Crippen LogP contribution in [0.15, 0.2) is 9.70 Å². The highest BCUT2D eigenvalue weighted by atomic mass is 32.2. The normalized spacial score (nSPS) is 22.4. The molecule has 178 valence electrons.